The molecule has 2 N–H and O–H groups in total. The molecular formula is C16H26N4O2. The Labute approximate surface area is 132 Å². The van der Waals surface area contributed by atoms with Gasteiger partial charge in [-0.05, 0) is 39.3 Å². The highest BCUT2D eigenvalue weighted by Crippen LogP contribution is 2.17. The van der Waals surface area contributed by atoms with E-state index in [1.807, 2.05) is 46.0 Å². The summed E-state index contributed by atoms with van der Waals surface area (Å²) in [6, 6.07) is 3.99. The monoisotopic (exact) mass is 306 g/mol. The van der Waals surface area contributed by atoms with Crippen molar-refractivity contribution in [1.82, 2.24) is 9.88 Å². The zero-order valence-corrected chi connectivity index (χ0v) is 13.9. The number of pyridine rings is 1. The molecule has 0 spiro atoms. The molecule has 1 amide bonds. The van der Waals surface area contributed by atoms with Crippen LogP contribution in [0, 0.1) is 0 Å². The zero-order valence-electron chi connectivity index (χ0n) is 13.9. The Morgan fingerprint density at radius 1 is 1.27 bits per heavy atom. The summed E-state index contributed by atoms with van der Waals surface area (Å²) in [5.74, 6) is 0.924. The highest BCUT2D eigenvalue weighted by molar-refractivity contribution is 5.68. The number of hydrogen-bond acceptors (Lipinski definition) is 5. The third-order valence-electron chi connectivity index (χ3n) is 3.55. The van der Waals surface area contributed by atoms with Crippen molar-refractivity contribution in [3.63, 3.8) is 0 Å². The zero-order chi connectivity index (χ0) is 16.3. The van der Waals surface area contributed by atoms with Gasteiger partial charge in [0.15, 0.2) is 0 Å². The fraction of sp³-hybridized carbons (Fsp3) is 0.625. The fourth-order valence-corrected chi connectivity index (χ4v) is 2.30. The third kappa shape index (κ3) is 4.34. The minimum atomic E-state index is -0.454. The standard InChI is InChI=1S/C16H26N4O2/c1-12(17)13-5-6-14(18-11-13)19-7-9-20(10-8-19)15(21)22-16(2,3)4/h5-6,11-12H,7-10,17H2,1-4H3. The second kappa shape index (κ2) is 6.52. The Morgan fingerprint density at radius 3 is 2.36 bits per heavy atom. The van der Waals surface area contributed by atoms with E-state index in [0.717, 1.165) is 24.5 Å². The van der Waals surface area contributed by atoms with Crippen LogP contribution in [0.5, 0.6) is 0 Å². The van der Waals surface area contributed by atoms with Crippen LogP contribution in [-0.2, 0) is 4.74 Å². The molecule has 1 aliphatic rings. The molecule has 0 bridgehead atoms. The van der Waals surface area contributed by atoms with Gasteiger partial charge in [-0.15, -0.1) is 0 Å². The lowest BCUT2D eigenvalue weighted by Gasteiger charge is -2.36. The summed E-state index contributed by atoms with van der Waals surface area (Å²) in [7, 11) is 0. The van der Waals surface area contributed by atoms with Crippen molar-refractivity contribution in [2.75, 3.05) is 31.1 Å². The first kappa shape index (κ1) is 16.5. The van der Waals surface area contributed by atoms with Crippen LogP contribution < -0.4 is 10.6 Å². The maximum absolute atomic E-state index is 12.0. The largest absolute Gasteiger partial charge is 0.444 e. The molecule has 1 fully saturated rings. The molecule has 1 aromatic heterocycles. The van der Waals surface area contributed by atoms with E-state index >= 15 is 0 Å². The summed E-state index contributed by atoms with van der Waals surface area (Å²) in [5.41, 5.74) is 6.40. The van der Waals surface area contributed by atoms with Crippen molar-refractivity contribution in [2.45, 2.75) is 39.3 Å². The first-order chi connectivity index (χ1) is 10.3. The van der Waals surface area contributed by atoms with Crippen LogP contribution in [0.15, 0.2) is 18.3 Å². The van der Waals surface area contributed by atoms with Crippen LogP contribution in [0.2, 0.25) is 0 Å². The van der Waals surface area contributed by atoms with Crippen molar-refractivity contribution >= 4 is 11.9 Å². The van der Waals surface area contributed by atoms with Gasteiger partial charge in [0.2, 0.25) is 0 Å². The molecule has 1 aliphatic heterocycles. The minimum absolute atomic E-state index is 0.00874. The van der Waals surface area contributed by atoms with Gasteiger partial charge in [0.05, 0.1) is 0 Å². The predicted octanol–water partition coefficient (Wildman–Crippen LogP) is 2.16. The average Bonchev–Trinajstić information content (AvgIpc) is 2.46. The lowest BCUT2D eigenvalue weighted by molar-refractivity contribution is 0.0240. The predicted molar refractivity (Wildman–Crippen MR) is 86.9 cm³/mol. The Kier molecular flexibility index (Phi) is 4.90. The quantitative estimate of drug-likeness (QED) is 0.906. The maximum Gasteiger partial charge on any atom is 0.410 e. The Balaban J connectivity index is 1.90. The van der Waals surface area contributed by atoms with Gasteiger partial charge in [0, 0.05) is 38.4 Å². The number of nitrogens with two attached hydrogens (primary N) is 1. The van der Waals surface area contributed by atoms with Gasteiger partial charge < -0.3 is 20.3 Å². The van der Waals surface area contributed by atoms with E-state index in [1.165, 1.54) is 0 Å². The summed E-state index contributed by atoms with van der Waals surface area (Å²) in [6.45, 7) is 10.4. The second-order valence-electron chi connectivity index (χ2n) is 6.69. The Morgan fingerprint density at radius 2 is 1.91 bits per heavy atom. The molecule has 1 atom stereocenters. The van der Waals surface area contributed by atoms with Gasteiger partial charge >= 0.3 is 6.09 Å². The lowest BCUT2D eigenvalue weighted by atomic mass is 10.1. The third-order valence-corrected chi connectivity index (χ3v) is 3.55. The Bertz CT molecular complexity index is 500. The number of ether oxygens (including phenoxy) is 1. The lowest BCUT2D eigenvalue weighted by Crippen LogP contribution is -2.50. The van der Waals surface area contributed by atoms with E-state index in [-0.39, 0.29) is 12.1 Å². The van der Waals surface area contributed by atoms with Crippen molar-refractivity contribution in [3.8, 4) is 0 Å². The molecule has 2 heterocycles. The van der Waals surface area contributed by atoms with Gasteiger partial charge in [-0.3, -0.25) is 0 Å². The molecule has 6 heteroatoms. The summed E-state index contributed by atoms with van der Waals surface area (Å²) in [5, 5.41) is 0. The maximum atomic E-state index is 12.0. The van der Waals surface area contributed by atoms with Gasteiger partial charge in [0.25, 0.3) is 0 Å². The molecule has 22 heavy (non-hydrogen) atoms. The molecule has 0 aliphatic carbocycles. The van der Waals surface area contributed by atoms with Gasteiger partial charge in [-0.2, -0.15) is 0 Å². The SMILES string of the molecule is CC(N)c1ccc(N2CCN(C(=O)OC(C)(C)C)CC2)nc1. The van der Waals surface area contributed by atoms with Gasteiger partial charge in [-0.25, -0.2) is 9.78 Å². The van der Waals surface area contributed by atoms with Crippen LogP contribution in [-0.4, -0.2) is 47.8 Å². The van der Waals surface area contributed by atoms with Crippen LogP contribution >= 0.6 is 0 Å². The van der Waals surface area contributed by atoms with Crippen molar-refractivity contribution < 1.29 is 9.53 Å². The molecule has 6 nitrogen and oxygen atoms in total. The van der Waals surface area contributed by atoms with Crippen LogP contribution in [0.25, 0.3) is 0 Å². The number of carbonyl (C=O) groups is 1. The van der Waals surface area contributed by atoms with E-state index in [2.05, 4.69) is 9.88 Å². The average molecular weight is 306 g/mol. The minimum Gasteiger partial charge on any atom is -0.444 e. The van der Waals surface area contributed by atoms with Crippen LogP contribution in [0.1, 0.15) is 39.3 Å². The summed E-state index contributed by atoms with van der Waals surface area (Å²) in [4.78, 5) is 20.4. The molecule has 0 radical (unpaired) electrons. The number of amides is 1. The smallest absolute Gasteiger partial charge is 0.410 e. The van der Waals surface area contributed by atoms with Gasteiger partial charge in [0.1, 0.15) is 11.4 Å². The number of anilines is 1. The molecule has 122 valence electrons. The molecule has 0 saturated carbocycles. The number of hydrogen-bond donors (Lipinski definition) is 1. The number of nitrogens with zero attached hydrogens (tertiary/aromatic N) is 3. The topological polar surface area (TPSA) is 71.7 Å². The summed E-state index contributed by atoms with van der Waals surface area (Å²) < 4.78 is 5.40. The van der Waals surface area contributed by atoms with E-state index in [9.17, 15) is 4.79 Å². The highest BCUT2D eigenvalue weighted by atomic mass is 16.6. The molecule has 2 rings (SSSR count). The number of aromatic nitrogens is 1. The highest BCUT2D eigenvalue weighted by Gasteiger charge is 2.26. The second-order valence-corrected chi connectivity index (χ2v) is 6.69. The van der Waals surface area contributed by atoms with Crippen molar-refractivity contribution in [3.05, 3.63) is 23.9 Å². The number of carbonyl (C=O) groups excluding carboxylic acids is 1. The summed E-state index contributed by atoms with van der Waals surface area (Å²) >= 11 is 0. The van der Waals surface area contributed by atoms with Crippen molar-refractivity contribution in [2.24, 2.45) is 5.73 Å². The van der Waals surface area contributed by atoms with Crippen LogP contribution in [0.4, 0.5) is 10.6 Å². The van der Waals surface area contributed by atoms with E-state index in [4.69, 9.17) is 10.5 Å². The Hall–Kier alpha value is -1.82. The molecule has 0 aromatic carbocycles. The number of piperazine rings is 1. The van der Waals surface area contributed by atoms with E-state index in [0.29, 0.717) is 13.1 Å². The van der Waals surface area contributed by atoms with E-state index in [1.54, 1.807) is 4.90 Å². The van der Waals surface area contributed by atoms with Crippen LogP contribution in [0.3, 0.4) is 0 Å². The van der Waals surface area contributed by atoms with E-state index < -0.39 is 5.60 Å². The first-order valence-electron chi connectivity index (χ1n) is 7.71. The molecule has 1 unspecified atom stereocenters. The summed E-state index contributed by atoms with van der Waals surface area (Å²) in [6.07, 6.45) is 1.58. The normalized spacial score (nSPS) is 17.3. The van der Waals surface area contributed by atoms with Gasteiger partial charge in [-0.1, -0.05) is 6.07 Å². The molecule has 1 saturated heterocycles. The molecular weight excluding hydrogens is 280 g/mol. The fourth-order valence-electron chi connectivity index (χ4n) is 2.30. The first-order valence-corrected chi connectivity index (χ1v) is 7.71. The van der Waals surface area contributed by atoms with Crippen molar-refractivity contribution in [1.29, 1.82) is 0 Å². The molecule has 1 aromatic rings. The number of rotatable bonds is 2.